The van der Waals surface area contributed by atoms with Crippen molar-refractivity contribution in [2.75, 3.05) is 20.7 Å². The fraction of sp³-hybridized carbons (Fsp3) is 0.652. The fourth-order valence-electron chi connectivity index (χ4n) is 6.12. The van der Waals surface area contributed by atoms with Crippen LogP contribution in [-0.2, 0) is 11.3 Å². The zero-order chi connectivity index (χ0) is 20.4. The van der Waals surface area contributed by atoms with Crippen molar-refractivity contribution in [2.45, 2.75) is 57.0 Å². The van der Waals surface area contributed by atoms with E-state index in [0.717, 1.165) is 48.3 Å². The first-order valence-electron chi connectivity index (χ1n) is 10.9. The SMILES string of the molecule is COc1ccc(CN(C)C(=O)CCNC(=O)NC23CC4CC(CC(C4)C2)C3)cc1. The van der Waals surface area contributed by atoms with E-state index in [0.29, 0.717) is 19.5 Å². The van der Waals surface area contributed by atoms with Gasteiger partial charge in [0.05, 0.1) is 7.11 Å². The van der Waals surface area contributed by atoms with Gasteiger partial charge in [-0.25, -0.2) is 4.79 Å². The van der Waals surface area contributed by atoms with Crippen LogP contribution in [0.1, 0.15) is 50.5 Å². The Hall–Kier alpha value is -2.24. The Morgan fingerprint density at radius 2 is 1.66 bits per heavy atom. The van der Waals surface area contributed by atoms with E-state index in [1.165, 1.54) is 19.3 Å². The van der Waals surface area contributed by atoms with E-state index in [4.69, 9.17) is 4.74 Å². The molecule has 4 aliphatic carbocycles. The molecule has 2 N–H and O–H groups in total. The highest BCUT2D eigenvalue weighted by atomic mass is 16.5. The van der Waals surface area contributed by atoms with Crippen molar-refractivity contribution in [3.05, 3.63) is 29.8 Å². The average molecular weight is 400 g/mol. The van der Waals surface area contributed by atoms with E-state index < -0.39 is 0 Å². The second-order valence-corrected chi connectivity index (χ2v) is 9.43. The first-order valence-corrected chi connectivity index (χ1v) is 10.9. The molecule has 0 aliphatic heterocycles. The molecule has 4 bridgehead atoms. The van der Waals surface area contributed by atoms with E-state index in [2.05, 4.69) is 10.6 Å². The van der Waals surface area contributed by atoms with Crippen molar-refractivity contribution in [3.63, 3.8) is 0 Å². The van der Waals surface area contributed by atoms with Gasteiger partial charge in [-0.05, 0) is 74.0 Å². The van der Waals surface area contributed by atoms with Crippen LogP contribution in [0.4, 0.5) is 4.79 Å². The van der Waals surface area contributed by atoms with E-state index >= 15 is 0 Å². The van der Waals surface area contributed by atoms with E-state index in [1.54, 1.807) is 19.1 Å². The number of methoxy groups -OCH3 is 1. The maximum atomic E-state index is 12.5. The summed E-state index contributed by atoms with van der Waals surface area (Å²) in [7, 11) is 3.43. The molecule has 0 heterocycles. The van der Waals surface area contributed by atoms with Crippen molar-refractivity contribution in [1.29, 1.82) is 0 Å². The van der Waals surface area contributed by atoms with Gasteiger partial charge in [0, 0.05) is 32.1 Å². The average Bonchev–Trinajstić information content (AvgIpc) is 2.67. The standard InChI is InChI=1S/C23H33N3O3/c1-26(15-16-3-5-20(29-2)6-4-16)21(27)7-8-24-22(28)25-23-12-17-9-18(13-23)11-19(10-17)14-23/h3-6,17-19H,7-15H2,1-2H3,(H2,24,25,28). The highest BCUT2D eigenvalue weighted by Gasteiger charge is 2.51. The highest BCUT2D eigenvalue weighted by molar-refractivity contribution is 5.78. The predicted octanol–water partition coefficient (Wildman–Crippen LogP) is 3.31. The number of urea groups is 1. The van der Waals surface area contributed by atoms with E-state index in [1.807, 2.05) is 24.3 Å². The highest BCUT2D eigenvalue weighted by Crippen LogP contribution is 2.55. The van der Waals surface area contributed by atoms with Gasteiger partial charge in [0.25, 0.3) is 0 Å². The van der Waals surface area contributed by atoms with Crippen LogP contribution in [-0.4, -0.2) is 43.1 Å². The molecule has 0 unspecified atom stereocenters. The van der Waals surface area contributed by atoms with Crippen LogP contribution in [0.5, 0.6) is 5.75 Å². The van der Waals surface area contributed by atoms with E-state index in [9.17, 15) is 9.59 Å². The van der Waals surface area contributed by atoms with Crippen LogP contribution in [0.25, 0.3) is 0 Å². The lowest BCUT2D eigenvalue weighted by atomic mass is 9.53. The molecule has 158 valence electrons. The lowest BCUT2D eigenvalue weighted by molar-refractivity contribution is -0.130. The summed E-state index contributed by atoms with van der Waals surface area (Å²) in [5.41, 5.74) is 1.06. The van der Waals surface area contributed by atoms with Gasteiger partial charge in [-0.3, -0.25) is 4.79 Å². The molecule has 0 aromatic heterocycles. The lowest BCUT2D eigenvalue weighted by Crippen LogP contribution is -2.61. The van der Waals surface area contributed by atoms with Crippen LogP contribution < -0.4 is 15.4 Å². The van der Waals surface area contributed by atoms with Crippen LogP contribution in [0, 0.1) is 17.8 Å². The largest absolute Gasteiger partial charge is 0.497 e. The van der Waals surface area contributed by atoms with Gasteiger partial charge in [-0.1, -0.05) is 12.1 Å². The number of nitrogens with zero attached hydrogens (tertiary/aromatic N) is 1. The molecule has 29 heavy (non-hydrogen) atoms. The van der Waals surface area contributed by atoms with Crippen molar-refractivity contribution in [1.82, 2.24) is 15.5 Å². The third kappa shape index (κ3) is 4.68. The lowest BCUT2D eigenvalue weighted by Gasteiger charge is -2.56. The monoisotopic (exact) mass is 399 g/mol. The molecule has 3 amide bonds. The smallest absolute Gasteiger partial charge is 0.315 e. The number of hydrogen-bond acceptors (Lipinski definition) is 3. The minimum Gasteiger partial charge on any atom is -0.497 e. The van der Waals surface area contributed by atoms with Gasteiger partial charge in [0.1, 0.15) is 5.75 Å². The number of carbonyl (C=O) groups excluding carboxylic acids is 2. The number of ether oxygens (including phenoxy) is 1. The molecule has 6 nitrogen and oxygen atoms in total. The Morgan fingerprint density at radius 1 is 1.07 bits per heavy atom. The van der Waals surface area contributed by atoms with E-state index in [-0.39, 0.29) is 17.5 Å². The Bertz CT molecular complexity index is 711. The quantitative estimate of drug-likeness (QED) is 0.739. The van der Waals surface area contributed by atoms with Gasteiger partial charge in [0.15, 0.2) is 0 Å². The fourth-order valence-corrected chi connectivity index (χ4v) is 6.12. The minimum atomic E-state index is -0.113. The number of rotatable bonds is 7. The van der Waals surface area contributed by atoms with Crippen molar-refractivity contribution in [3.8, 4) is 5.75 Å². The number of nitrogens with one attached hydrogen (secondary N) is 2. The Labute approximate surface area is 173 Å². The van der Waals surface area contributed by atoms with Crippen LogP contribution in [0.2, 0.25) is 0 Å². The molecule has 6 heteroatoms. The Morgan fingerprint density at radius 3 is 2.21 bits per heavy atom. The molecule has 4 aliphatic rings. The second kappa shape index (κ2) is 8.25. The molecule has 0 radical (unpaired) electrons. The summed E-state index contributed by atoms with van der Waals surface area (Å²) in [6.45, 7) is 0.909. The molecule has 1 aromatic carbocycles. The normalized spacial score (nSPS) is 29.4. The molecular formula is C23H33N3O3. The zero-order valence-electron chi connectivity index (χ0n) is 17.6. The van der Waals surface area contributed by atoms with Gasteiger partial charge in [0.2, 0.25) is 5.91 Å². The summed E-state index contributed by atoms with van der Waals surface area (Å²) >= 11 is 0. The number of hydrogen-bond donors (Lipinski definition) is 2. The van der Waals surface area contributed by atoms with Gasteiger partial charge in [-0.2, -0.15) is 0 Å². The maximum absolute atomic E-state index is 12.5. The summed E-state index contributed by atoms with van der Waals surface area (Å²) in [6.07, 6.45) is 7.79. The molecule has 0 spiro atoms. The Kier molecular flexibility index (Phi) is 5.70. The first kappa shape index (κ1) is 20.0. The van der Waals surface area contributed by atoms with Crippen molar-refractivity contribution < 1.29 is 14.3 Å². The predicted molar refractivity (Wildman–Crippen MR) is 112 cm³/mol. The first-order chi connectivity index (χ1) is 13.9. The zero-order valence-corrected chi connectivity index (χ0v) is 17.6. The van der Waals surface area contributed by atoms with Gasteiger partial charge >= 0.3 is 6.03 Å². The summed E-state index contributed by atoms with van der Waals surface area (Å²) in [6, 6.07) is 7.59. The Balaban J connectivity index is 1.19. The van der Waals surface area contributed by atoms with Crippen molar-refractivity contribution >= 4 is 11.9 Å². The van der Waals surface area contributed by atoms with Gasteiger partial charge < -0.3 is 20.3 Å². The molecule has 4 saturated carbocycles. The van der Waals surface area contributed by atoms with Crippen LogP contribution in [0.15, 0.2) is 24.3 Å². The summed E-state index contributed by atoms with van der Waals surface area (Å²) < 4.78 is 5.16. The third-order valence-electron chi connectivity index (χ3n) is 7.05. The number of carbonyl (C=O) groups is 2. The summed E-state index contributed by atoms with van der Waals surface area (Å²) in [5, 5.41) is 6.20. The van der Waals surface area contributed by atoms with Crippen LogP contribution in [0.3, 0.4) is 0 Å². The summed E-state index contributed by atoms with van der Waals surface area (Å²) in [5.74, 6) is 3.23. The number of benzene rings is 1. The molecule has 0 saturated heterocycles. The number of amides is 3. The molecule has 5 rings (SSSR count). The van der Waals surface area contributed by atoms with Crippen LogP contribution >= 0.6 is 0 Å². The molecule has 1 aromatic rings. The molecule has 4 fully saturated rings. The third-order valence-corrected chi connectivity index (χ3v) is 7.05. The molecular weight excluding hydrogens is 366 g/mol. The maximum Gasteiger partial charge on any atom is 0.315 e. The van der Waals surface area contributed by atoms with Crippen molar-refractivity contribution in [2.24, 2.45) is 17.8 Å². The topological polar surface area (TPSA) is 70.7 Å². The second-order valence-electron chi connectivity index (χ2n) is 9.43. The summed E-state index contributed by atoms with van der Waals surface area (Å²) in [4.78, 5) is 26.6. The molecule has 0 atom stereocenters. The van der Waals surface area contributed by atoms with Gasteiger partial charge in [-0.15, -0.1) is 0 Å². The minimum absolute atomic E-state index is 0.00794.